The first-order chi connectivity index (χ1) is 10.9. The third-order valence-corrected chi connectivity index (χ3v) is 5.14. The standard InChI is InChI=1S/C15H23N3O4S.ClH/c1-12-11-18(9-7-16-12)15(19)13-3-5-14(6-4-13)23(20,21)17-8-10-22-2;/h3-6,12,16-17H,7-11H2,1-2H3;1H. The molecular weight excluding hydrogens is 354 g/mol. The molecule has 1 aromatic carbocycles. The predicted molar refractivity (Wildman–Crippen MR) is 94.1 cm³/mol. The maximum absolute atomic E-state index is 12.4. The number of amides is 1. The molecular formula is C15H24ClN3O4S. The number of halogens is 1. The summed E-state index contributed by atoms with van der Waals surface area (Å²) in [5, 5.41) is 3.28. The second-order valence-electron chi connectivity index (χ2n) is 5.52. The van der Waals surface area contributed by atoms with Crippen LogP contribution >= 0.6 is 12.4 Å². The Bertz CT molecular complexity index is 637. The summed E-state index contributed by atoms with van der Waals surface area (Å²) < 4.78 is 31.4. The van der Waals surface area contributed by atoms with Gasteiger partial charge in [-0.15, -0.1) is 12.4 Å². The largest absolute Gasteiger partial charge is 0.383 e. The van der Waals surface area contributed by atoms with Gasteiger partial charge < -0.3 is 15.0 Å². The highest BCUT2D eigenvalue weighted by Gasteiger charge is 2.22. The lowest BCUT2D eigenvalue weighted by Gasteiger charge is -2.32. The van der Waals surface area contributed by atoms with Gasteiger partial charge in [-0.05, 0) is 31.2 Å². The van der Waals surface area contributed by atoms with Crippen molar-refractivity contribution in [1.82, 2.24) is 14.9 Å². The lowest BCUT2D eigenvalue weighted by molar-refractivity contribution is 0.0709. The molecule has 136 valence electrons. The average Bonchev–Trinajstić information content (AvgIpc) is 2.54. The van der Waals surface area contributed by atoms with Crippen molar-refractivity contribution in [2.75, 3.05) is 39.9 Å². The van der Waals surface area contributed by atoms with Crippen LogP contribution in [0, 0.1) is 0 Å². The van der Waals surface area contributed by atoms with Crippen molar-refractivity contribution in [3.63, 3.8) is 0 Å². The molecule has 1 fully saturated rings. The number of nitrogens with one attached hydrogen (secondary N) is 2. The second kappa shape index (κ2) is 9.33. The Kier molecular flexibility index (Phi) is 8.11. The molecule has 0 bridgehead atoms. The topological polar surface area (TPSA) is 87.7 Å². The van der Waals surface area contributed by atoms with Gasteiger partial charge in [-0.2, -0.15) is 0 Å². The van der Waals surface area contributed by atoms with Gasteiger partial charge in [0.25, 0.3) is 5.91 Å². The normalized spacial score (nSPS) is 18.1. The van der Waals surface area contributed by atoms with Gasteiger partial charge in [-0.25, -0.2) is 13.1 Å². The van der Waals surface area contributed by atoms with Gasteiger partial charge in [0, 0.05) is 44.9 Å². The molecule has 0 aliphatic carbocycles. The summed E-state index contributed by atoms with van der Waals surface area (Å²) in [5.74, 6) is -0.0744. The highest BCUT2D eigenvalue weighted by atomic mass is 35.5. The number of carbonyl (C=O) groups is 1. The molecule has 2 rings (SSSR count). The van der Waals surface area contributed by atoms with Gasteiger partial charge in [-0.3, -0.25) is 4.79 Å². The van der Waals surface area contributed by atoms with Gasteiger partial charge in [-0.1, -0.05) is 0 Å². The number of benzene rings is 1. The summed E-state index contributed by atoms with van der Waals surface area (Å²) in [7, 11) is -2.07. The summed E-state index contributed by atoms with van der Waals surface area (Å²) in [6.45, 7) is 4.61. The zero-order valence-electron chi connectivity index (χ0n) is 13.8. The molecule has 0 aromatic heterocycles. The Morgan fingerprint density at radius 2 is 2.04 bits per heavy atom. The third kappa shape index (κ3) is 5.42. The van der Waals surface area contributed by atoms with Crippen LogP contribution in [0.3, 0.4) is 0 Å². The van der Waals surface area contributed by atoms with E-state index in [9.17, 15) is 13.2 Å². The van der Waals surface area contributed by atoms with Crippen LogP contribution in [0.5, 0.6) is 0 Å². The first-order valence-corrected chi connectivity index (χ1v) is 9.03. The minimum Gasteiger partial charge on any atom is -0.383 e. The fourth-order valence-corrected chi connectivity index (χ4v) is 3.45. The zero-order valence-corrected chi connectivity index (χ0v) is 15.5. The second-order valence-corrected chi connectivity index (χ2v) is 7.29. The molecule has 1 saturated heterocycles. The van der Waals surface area contributed by atoms with Crippen molar-refractivity contribution in [2.24, 2.45) is 0 Å². The molecule has 1 unspecified atom stereocenters. The van der Waals surface area contributed by atoms with Crippen molar-refractivity contribution >= 4 is 28.3 Å². The van der Waals surface area contributed by atoms with E-state index < -0.39 is 10.0 Å². The number of hydrogen-bond acceptors (Lipinski definition) is 5. The molecule has 0 spiro atoms. The van der Waals surface area contributed by atoms with Crippen molar-refractivity contribution in [2.45, 2.75) is 17.9 Å². The highest BCUT2D eigenvalue weighted by Crippen LogP contribution is 2.13. The van der Waals surface area contributed by atoms with E-state index in [1.165, 1.54) is 19.2 Å². The summed E-state index contributed by atoms with van der Waals surface area (Å²) in [4.78, 5) is 14.4. The van der Waals surface area contributed by atoms with Gasteiger partial charge in [0.1, 0.15) is 0 Å². The maximum atomic E-state index is 12.4. The van der Waals surface area contributed by atoms with E-state index in [-0.39, 0.29) is 35.8 Å². The summed E-state index contributed by atoms with van der Waals surface area (Å²) in [5.41, 5.74) is 0.495. The van der Waals surface area contributed by atoms with E-state index in [0.717, 1.165) is 6.54 Å². The van der Waals surface area contributed by atoms with Gasteiger partial charge in [0.2, 0.25) is 10.0 Å². The van der Waals surface area contributed by atoms with Crippen molar-refractivity contribution in [1.29, 1.82) is 0 Å². The lowest BCUT2D eigenvalue weighted by atomic mass is 10.1. The minimum atomic E-state index is -3.57. The van der Waals surface area contributed by atoms with E-state index in [2.05, 4.69) is 10.0 Å². The first kappa shape index (κ1) is 20.9. The average molecular weight is 378 g/mol. The number of methoxy groups -OCH3 is 1. The minimum absolute atomic E-state index is 0. The fraction of sp³-hybridized carbons (Fsp3) is 0.533. The molecule has 9 heteroatoms. The Hall–Kier alpha value is -1.19. The van der Waals surface area contributed by atoms with Crippen LogP contribution in [-0.4, -0.2) is 65.2 Å². The van der Waals surface area contributed by atoms with Crippen LogP contribution in [0.25, 0.3) is 0 Å². The van der Waals surface area contributed by atoms with Gasteiger partial charge in [0.05, 0.1) is 11.5 Å². The number of ether oxygens (including phenoxy) is 1. The van der Waals surface area contributed by atoms with Crippen LogP contribution in [0.15, 0.2) is 29.2 Å². The fourth-order valence-electron chi connectivity index (χ4n) is 2.44. The molecule has 0 saturated carbocycles. The van der Waals surface area contributed by atoms with Crippen LogP contribution in [0.1, 0.15) is 17.3 Å². The number of nitrogens with zero attached hydrogens (tertiary/aromatic N) is 1. The zero-order chi connectivity index (χ0) is 16.9. The van der Waals surface area contributed by atoms with Crippen molar-refractivity contribution in [3.8, 4) is 0 Å². The molecule has 0 radical (unpaired) electrons. The number of carbonyl (C=O) groups excluding carboxylic acids is 1. The molecule has 1 heterocycles. The molecule has 1 aliphatic heterocycles. The highest BCUT2D eigenvalue weighted by molar-refractivity contribution is 7.89. The predicted octanol–water partition coefficient (Wildman–Crippen LogP) is 0.467. The molecule has 1 atom stereocenters. The Morgan fingerprint density at radius 1 is 1.38 bits per heavy atom. The number of hydrogen-bond donors (Lipinski definition) is 2. The number of sulfonamides is 1. The maximum Gasteiger partial charge on any atom is 0.253 e. The van der Waals surface area contributed by atoms with E-state index >= 15 is 0 Å². The number of piperazine rings is 1. The first-order valence-electron chi connectivity index (χ1n) is 7.55. The Labute approximate surface area is 149 Å². The van der Waals surface area contributed by atoms with E-state index in [1.807, 2.05) is 6.92 Å². The summed E-state index contributed by atoms with van der Waals surface area (Å²) >= 11 is 0. The summed E-state index contributed by atoms with van der Waals surface area (Å²) in [6, 6.07) is 6.28. The number of rotatable bonds is 6. The molecule has 1 aliphatic rings. The third-order valence-electron chi connectivity index (χ3n) is 3.67. The van der Waals surface area contributed by atoms with Crippen LogP contribution in [0.4, 0.5) is 0 Å². The van der Waals surface area contributed by atoms with E-state index in [1.54, 1.807) is 17.0 Å². The molecule has 24 heavy (non-hydrogen) atoms. The quantitative estimate of drug-likeness (QED) is 0.703. The summed E-state index contributed by atoms with van der Waals surface area (Å²) in [6.07, 6.45) is 0. The van der Waals surface area contributed by atoms with Crippen molar-refractivity contribution in [3.05, 3.63) is 29.8 Å². The van der Waals surface area contributed by atoms with Crippen LogP contribution < -0.4 is 10.0 Å². The molecule has 1 aromatic rings. The van der Waals surface area contributed by atoms with E-state index in [0.29, 0.717) is 25.3 Å². The molecule has 7 nitrogen and oxygen atoms in total. The molecule has 1 amide bonds. The SMILES string of the molecule is COCCNS(=O)(=O)c1ccc(C(=O)N2CCNC(C)C2)cc1.Cl. The van der Waals surface area contributed by atoms with Gasteiger partial charge in [0.15, 0.2) is 0 Å². The van der Waals surface area contributed by atoms with Crippen LogP contribution in [-0.2, 0) is 14.8 Å². The van der Waals surface area contributed by atoms with E-state index in [4.69, 9.17) is 4.74 Å². The lowest BCUT2D eigenvalue weighted by Crippen LogP contribution is -2.51. The van der Waals surface area contributed by atoms with Gasteiger partial charge >= 0.3 is 0 Å². The Morgan fingerprint density at radius 3 is 2.62 bits per heavy atom. The monoisotopic (exact) mass is 377 g/mol. The van der Waals surface area contributed by atoms with Crippen LogP contribution in [0.2, 0.25) is 0 Å². The van der Waals surface area contributed by atoms with Crippen molar-refractivity contribution < 1.29 is 17.9 Å². The molecule has 2 N–H and O–H groups in total. The Balaban J connectivity index is 0.00000288. The smallest absolute Gasteiger partial charge is 0.253 e.